The predicted molar refractivity (Wildman–Crippen MR) is 79.6 cm³/mol. The van der Waals surface area contributed by atoms with Crippen LogP contribution < -0.4 is 15.8 Å². The maximum atomic E-state index is 11.5. The normalized spacial score (nSPS) is 12.9. The molecule has 114 valence electrons. The molecular weight excluding hydrogens is 302 g/mol. The smallest absolute Gasteiger partial charge is 0.407 e. The van der Waals surface area contributed by atoms with Crippen molar-refractivity contribution in [2.24, 2.45) is 5.73 Å². The minimum Gasteiger partial charge on any atom is -0.473 e. The maximum Gasteiger partial charge on any atom is 0.407 e. The zero-order valence-electron chi connectivity index (χ0n) is 12.0. The van der Waals surface area contributed by atoms with E-state index < -0.39 is 11.7 Å². The molecule has 0 spiro atoms. The number of nitrogens with two attached hydrogens (primary N) is 1. The van der Waals surface area contributed by atoms with Gasteiger partial charge in [-0.15, -0.1) is 0 Å². The second kappa shape index (κ2) is 7.10. The molecular formula is C12H20ClN3O3S. The van der Waals surface area contributed by atoms with Crippen LogP contribution in [0.1, 0.15) is 25.6 Å². The Morgan fingerprint density at radius 2 is 2.20 bits per heavy atom. The molecule has 0 fully saturated rings. The number of carbonyl (C=O) groups excluding carboxylic acids is 1. The molecule has 0 saturated carbocycles. The summed E-state index contributed by atoms with van der Waals surface area (Å²) in [5.41, 5.74) is 5.42. The molecule has 1 amide bonds. The van der Waals surface area contributed by atoms with Crippen molar-refractivity contribution in [2.75, 3.05) is 13.7 Å². The molecule has 0 saturated heterocycles. The molecule has 0 bridgehead atoms. The first-order chi connectivity index (χ1) is 9.21. The monoisotopic (exact) mass is 321 g/mol. The third-order valence-electron chi connectivity index (χ3n) is 2.16. The van der Waals surface area contributed by atoms with Crippen molar-refractivity contribution >= 4 is 29.0 Å². The number of nitrogens with zero attached hydrogens (tertiary/aromatic N) is 1. The van der Waals surface area contributed by atoms with E-state index in [0.29, 0.717) is 23.3 Å². The molecule has 3 N–H and O–H groups in total. The van der Waals surface area contributed by atoms with E-state index in [2.05, 4.69) is 10.3 Å². The van der Waals surface area contributed by atoms with Gasteiger partial charge >= 0.3 is 6.09 Å². The van der Waals surface area contributed by atoms with Crippen molar-refractivity contribution < 1.29 is 14.3 Å². The van der Waals surface area contributed by atoms with Crippen LogP contribution in [0.2, 0.25) is 5.15 Å². The summed E-state index contributed by atoms with van der Waals surface area (Å²) >= 11 is 7.31. The third-order valence-corrected chi connectivity index (χ3v) is 3.62. The highest BCUT2D eigenvalue weighted by molar-refractivity contribution is 7.13. The highest BCUT2D eigenvalue weighted by atomic mass is 35.5. The quantitative estimate of drug-likeness (QED) is 0.868. The second-order valence-electron chi connectivity index (χ2n) is 5.24. The number of halogens is 1. The lowest BCUT2D eigenvalue weighted by Gasteiger charge is -2.20. The summed E-state index contributed by atoms with van der Waals surface area (Å²) in [6.45, 7) is 5.70. The molecule has 1 heterocycles. The Hall–Kier alpha value is -1.05. The first kappa shape index (κ1) is 17.0. The third kappa shape index (κ3) is 5.94. The second-order valence-corrected chi connectivity index (χ2v) is 6.65. The zero-order chi connectivity index (χ0) is 15.3. The minimum absolute atomic E-state index is 0.273. The van der Waals surface area contributed by atoms with E-state index in [-0.39, 0.29) is 6.04 Å². The van der Waals surface area contributed by atoms with E-state index in [1.165, 1.54) is 18.4 Å². The average Bonchev–Trinajstić information content (AvgIpc) is 2.65. The number of carbonyl (C=O) groups is 1. The van der Waals surface area contributed by atoms with Gasteiger partial charge in [0.15, 0.2) is 0 Å². The van der Waals surface area contributed by atoms with Gasteiger partial charge in [0.2, 0.25) is 0 Å². The Kier molecular flexibility index (Phi) is 6.04. The fraction of sp³-hybridized carbons (Fsp3) is 0.667. The van der Waals surface area contributed by atoms with Crippen molar-refractivity contribution in [3.8, 4) is 5.19 Å². The Morgan fingerprint density at radius 3 is 2.70 bits per heavy atom. The molecule has 6 nitrogen and oxygen atoms in total. The average molecular weight is 322 g/mol. The number of ether oxygens (including phenoxy) is 2. The highest BCUT2D eigenvalue weighted by Crippen LogP contribution is 2.29. The van der Waals surface area contributed by atoms with Gasteiger partial charge in [-0.25, -0.2) is 4.79 Å². The van der Waals surface area contributed by atoms with Crippen LogP contribution in [0.3, 0.4) is 0 Å². The lowest BCUT2D eigenvalue weighted by molar-refractivity contribution is 0.0524. The fourth-order valence-corrected chi connectivity index (χ4v) is 2.54. The standard InChI is InChI=1S/C12H20ClN3O3S/c1-12(2,3)19-10(17)15-6-7(14)5-8-9(13)16-11(18-4)20-8/h7H,5-6,14H2,1-4H3,(H,15,17). The van der Waals surface area contributed by atoms with Gasteiger partial charge in [-0.2, -0.15) is 4.98 Å². The van der Waals surface area contributed by atoms with Gasteiger partial charge in [0.1, 0.15) is 10.8 Å². The molecule has 1 aromatic rings. The molecule has 1 atom stereocenters. The van der Waals surface area contributed by atoms with Crippen molar-refractivity contribution in [3.05, 3.63) is 10.0 Å². The van der Waals surface area contributed by atoms with Gasteiger partial charge in [0, 0.05) is 23.9 Å². The van der Waals surface area contributed by atoms with E-state index in [0.717, 1.165) is 4.88 Å². The Bertz CT molecular complexity index is 459. The summed E-state index contributed by atoms with van der Waals surface area (Å²) in [4.78, 5) is 16.3. The number of amides is 1. The van der Waals surface area contributed by atoms with Gasteiger partial charge in [-0.05, 0) is 20.8 Å². The molecule has 8 heteroatoms. The zero-order valence-corrected chi connectivity index (χ0v) is 13.6. The molecule has 20 heavy (non-hydrogen) atoms. The number of hydrogen-bond acceptors (Lipinski definition) is 6. The lowest BCUT2D eigenvalue weighted by atomic mass is 10.2. The summed E-state index contributed by atoms with van der Waals surface area (Å²) in [5, 5.41) is 3.51. The van der Waals surface area contributed by atoms with E-state index in [4.69, 9.17) is 26.8 Å². The van der Waals surface area contributed by atoms with Gasteiger partial charge in [-0.1, -0.05) is 22.9 Å². The predicted octanol–water partition coefficient (Wildman–Crippen LogP) is 2.20. The lowest BCUT2D eigenvalue weighted by Crippen LogP contribution is -2.41. The van der Waals surface area contributed by atoms with E-state index in [1.807, 2.05) is 0 Å². The largest absolute Gasteiger partial charge is 0.473 e. The molecule has 0 aliphatic heterocycles. The van der Waals surface area contributed by atoms with Crippen LogP contribution in [0.4, 0.5) is 4.79 Å². The van der Waals surface area contributed by atoms with Crippen LogP contribution in [-0.4, -0.2) is 36.4 Å². The van der Waals surface area contributed by atoms with Crippen molar-refractivity contribution in [1.29, 1.82) is 0 Å². The SMILES string of the molecule is COc1nc(Cl)c(CC(N)CNC(=O)OC(C)(C)C)s1. The summed E-state index contributed by atoms with van der Waals surface area (Å²) in [5.74, 6) is 0. The highest BCUT2D eigenvalue weighted by Gasteiger charge is 2.18. The summed E-state index contributed by atoms with van der Waals surface area (Å²) in [6, 6.07) is -0.273. The van der Waals surface area contributed by atoms with E-state index in [1.54, 1.807) is 20.8 Å². The first-order valence-corrected chi connectivity index (χ1v) is 7.32. The molecule has 0 aliphatic carbocycles. The van der Waals surface area contributed by atoms with Crippen LogP contribution >= 0.6 is 22.9 Å². The van der Waals surface area contributed by atoms with Crippen LogP contribution in [0.15, 0.2) is 0 Å². The number of aromatic nitrogens is 1. The number of thiazole rings is 1. The van der Waals surface area contributed by atoms with Gasteiger partial charge < -0.3 is 20.5 Å². The number of alkyl carbamates (subject to hydrolysis) is 1. The topological polar surface area (TPSA) is 86.5 Å². The summed E-state index contributed by atoms with van der Waals surface area (Å²) in [7, 11) is 1.53. The number of hydrogen-bond donors (Lipinski definition) is 2. The molecule has 0 radical (unpaired) electrons. The number of methoxy groups -OCH3 is 1. The molecule has 1 unspecified atom stereocenters. The van der Waals surface area contributed by atoms with Crippen LogP contribution in [-0.2, 0) is 11.2 Å². The Labute approximate surface area is 127 Å². The van der Waals surface area contributed by atoms with Crippen molar-refractivity contribution in [3.63, 3.8) is 0 Å². The molecule has 1 rings (SSSR count). The van der Waals surface area contributed by atoms with Gasteiger partial charge in [0.05, 0.1) is 7.11 Å². The Balaban J connectivity index is 2.42. The van der Waals surface area contributed by atoms with Crippen LogP contribution in [0.25, 0.3) is 0 Å². The number of rotatable bonds is 5. The van der Waals surface area contributed by atoms with Crippen molar-refractivity contribution in [2.45, 2.75) is 38.8 Å². The van der Waals surface area contributed by atoms with Gasteiger partial charge in [-0.3, -0.25) is 0 Å². The minimum atomic E-state index is -0.525. The van der Waals surface area contributed by atoms with E-state index in [9.17, 15) is 4.79 Å². The summed E-state index contributed by atoms with van der Waals surface area (Å²) in [6.07, 6.45) is 0.0243. The fourth-order valence-electron chi connectivity index (χ4n) is 1.36. The molecule has 1 aromatic heterocycles. The van der Waals surface area contributed by atoms with E-state index >= 15 is 0 Å². The van der Waals surface area contributed by atoms with Crippen LogP contribution in [0, 0.1) is 0 Å². The first-order valence-electron chi connectivity index (χ1n) is 6.13. The Morgan fingerprint density at radius 1 is 1.55 bits per heavy atom. The van der Waals surface area contributed by atoms with Crippen molar-refractivity contribution in [1.82, 2.24) is 10.3 Å². The van der Waals surface area contributed by atoms with Crippen LogP contribution in [0.5, 0.6) is 5.19 Å². The molecule has 0 aromatic carbocycles. The molecule has 0 aliphatic rings. The summed E-state index contributed by atoms with van der Waals surface area (Å²) < 4.78 is 10.1. The van der Waals surface area contributed by atoms with Gasteiger partial charge in [0.25, 0.3) is 5.19 Å². The number of nitrogens with one attached hydrogen (secondary N) is 1. The maximum absolute atomic E-state index is 11.5.